The molecule has 0 bridgehead atoms. The van der Waals surface area contributed by atoms with Gasteiger partial charge in [-0.2, -0.15) is 0 Å². The highest BCUT2D eigenvalue weighted by Gasteiger charge is 2.17. The van der Waals surface area contributed by atoms with Gasteiger partial charge in [-0.05, 0) is 18.6 Å². The van der Waals surface area contributed by atoms with Crippen molar-refractivity contribution in [2.24, 2.45) is 0 Å². The predicted molar refractivity (Wildman–Crippen MR) is 62.5 cm³/mol. The molecular formula is C13H16O4. The van der Waals surface area contributed by atoms with Gasteiger partial charge >= 0.3 is 0 Å². The monoisotopic (exact) mass is 236 g/mol. The number of rotatable bonds is 5. The summed E-state index contributed by atoms with van der Waals surface area (Å²) in [5.74, 6) is 0.649. The lowest BCUT2D eigenvalue weighted by molar-refractivity contribution is 0.0390. The largest absolute Gasteiger partial charge is 0.497 e. The third kappa shape index (κ3) is 3.28. The molecule has 4 heteroatoms. The van der Waals surface area contributed by atoms with Gasteiger partial charge in [0.2, 0.25) is 0 Å². The van der Waals surface area contributed by atoms with Gasteiger partial charge in [-0.1, -0.05) is 12.1 Å². The fourth-order valence-electron chi connectivity index (χ4n) is 1.72. The fourth-order valence-corrected chi connectivity index (χ4v) is 1.72. The Bertz CT molecular complexity index is 383. The van der Waals surface area contributed by atoms with E-state index in [1.165, 1.54) is 0 Å². The fraction of sp³-hybridized carbons (Fsp3) is 0.462. The van der Waals surface area contributed by atoms with Gasteiger partial charge in [0, 0.05) is 12.2 Å². The van der Waals surface area contributed by atoms with Crippen LogP contribution < -0.4 is 4.74 Å². The van der Waals surface area contributed by atoms with E-state index >= 15 is 0 Å². The molecule has 0 amide bonds. The van der Waals surface area contributed by atoms with E-state index in [0.29, 0.717) is 17.9 Å². The Hall–Kier alpha value is -1.39. The molecule has 92 valence electrons. The first kappa shape index (κ1) is 12.1. The molecule has 1 unspecified atom stereocenters. The number of Topliss-reactive ketones (excluding diaryl/α,β-unsaturated/α-hetero) is 1. The van der Waals surface area contributed by atoms with Crippen LogP contribution >= 0.6 is 0 Å². The minimum absolute atomic E-state index is 0.0317. The predicted octanol–water partition coefficient (Wildman–Crippen LogP) is 1.68. The molecule has 1 heterocycles. The second-order valence-electron chi connectivity index (χ2n) is 3.95. The maximum atomic E-state index is 11.8. The van der Waals surface area contributed by atoms with Gasteiger partial charge in [-0.25, -0.2) is 0 Å². The van der Waals surface area contributed by atoms with Crippen molar-refractivity contribution in [3.05, 3.63) is 29.8 Å². The van der Waals surface area contributed by atoms with Crippen molar-refractivity contribution < 1.29 is 19.0 Å². The minimum atomic E-state index is -0.0317. The molecule has 1 aromatic rings. The summed E-state index contributed by atoms with van der Waals surface area (Å²) in [6.45, 7) is 1.41. The summed E-state index contributed by atoms with van der Waals surface area (Å²) in [7, 11) is 1.58. The van der Waals surface area contributed by atoms with E-state index in [1.807, 2.05) is 6.07 Å². The normalized spacial score (nSPS) is 19.2. The lowest BCUT2D eigenvalue weighted by Gasteiger charge is -2.09. The van der Waals surface area contributed by atoms with Gasteiger partial charge in [-0.3, -0.25) is 4.79 Å². The standard InChI is InChI=1S/C13H16O4/c1-15-11-4-2-3-10(7-11)13(14)9-17-12-5-6-16-8-12/h2-4,7,12H,5-6,8-9H2,1H3. The molecule has 4 nitrogen and oxygen atoms in total. The van der Waals surface area contributed by atoms with Crippen molar-refractivity contribution in [1.29, 1.82) is 0 Å². The van der Waals surface area contributed by atoms with Crippen molar-refractivity contribution in [2.75, 3.05) is 26.9 Å². The van der Waals surface area contributed by atoms with Crippen LogP contribution in [0.5, 0.6) is 5.75 Å². The molecule has 17 heavy (non-hydrogen) atoms. The van der Waals surface area contributed by atoms with Crippen molar-refractivity contribution in [2.45, 2.75) is 12.5 Å². The third-order valence-electron chi connectivity index (χ3n) is 2.73. The Morgan fingerprint density at radius 1 is 1.53 bits per heavy atom. The van der Waals surface area contributed by atoms with E-state index in [2.05, 4.69) is 0 Å². The highest BCUT2D eigenvalue weighted by molar-refractivity contribution is 5.97. The Kier molecular flexibility index (Phi) is 4.12. The summed E-state index contributed by atoms with van der Waals surface area (Å²) in [4.78, 5) is 11.8. The van der Waals surface area contributed by atoms with Gasteiger partial charge in [0.25, 0.3) is 0 Å². The van der Waals surface area contributed by atoms with Crippen LogP contribution in [0.4, 0.5) is 0 Å². The van der Waals surface area contributed by atoms with Crippen LogP contribution in [0, 0.1) is 0 Å². The van der Waals surface area contributed by atoms with E-state index < -0.39 is 0 Å². The van der Waals surface area contributed by atoms with Crippen molar-refractivity contribution in [3.8, 4) is 5.75 Å². The Morgan fingerprint density at radius 2 is 2.41 bits per heavy atom. The second-order valence-corrected chi connectivity index (χ2v) is 3.95. The van der Waals surface area contributed by atoms with Crippen molar-refractivity contribution in [3.63, 3.8) is 0 Å². The summed E-state index contributed by atoms with van der Waals surface area (Å²) in [6.07, 6.45) is 0.926. The van der Waals surface area contributed by atoms with Crippen LogP contribution in [0.25, 0.3) is 0 Å². The minimum Gasteiger partial charge on any atom is -0.497 e. The molecule has 2 rings (SSSR count). The first-order valence-electron chi connectivity index (χ1n) is 5.66. The molecule has 1 saturated heterocycles. The summed E-state index contributed by atoms with van der Waals surface area (Å²) in [5.41, 5.74) is 0.614. The number of carbonyl (C=O) groups excluding carboxylic acids is 1. The van der Waals surface area contributed by atoms with E-state index in [-0.39, 0.29) is 18.5 Å². The van der Waals surface area contributed by atoms with Crippen LogP contribution in [-0.2, 0) is 9.47 Å². The molecule has 0 saturated carbocycles. The van der Waals surface area contributed by atoms with Crippen LogP contribution in [0.1, 0.15) is 16.8 Å². The Balaban J connectivity index is 1.89. The number of methoxy groups -OCH3 is 1. The lowest BCUT2D eigenvalue weighted by atomic mass is 10.1. The van der Waals surface area contributed by atoms with Crippen molar-refractivity contribution in [1.82, 2.24) is 0 Å². The molecule has 1 atom stereocenters. The average Bonchev–Trinajstić information content (AvgIpc) is 2.89. The van der Waals surface area contributed by atoms with Gasteiger partial charge in [0.1, 0.15) is 12.4 Å². The summed E-state index contributed by atoms with van der Waals surface area (Å²) in [5, 5.41) is 0. The maximum Gasteiger partial charge on any atom is 0.188 e. The summed E-state index contributed by atoms with van der Waals surface area (Å²) in [6, 6.07) is 7.09. The van der Waals surface area contributed by atoms with E-state index in [9.17, 15) is 4.79 Å². The number of hydrogen-bond acceptors (Lipinski definition) is 4. The zero-order valence-corrected chi connectivity index (χ0v) is 9.85. The molecule has 1 aliphatic heterocycles. The van der Waals surface area contributed by atoms with E-state index in [0.717, 1.165) is 13.0 Å². The third-order valence-corrected chi connectivity index (χ3v) is 2.73. The van der Waals surface area contributed by atoms with Crippen LogP contribution in [0.15, 0.2) is 24.3 Å². The SMILES string of the molecule is COc1cccc(C(=O)COC2CCOC2)c1. The number of ether oxygens (including phenoxy) is 3. The molecule has 0 radical (unpaired) electrons. The van der Waals surface area contributed by atoms with Crippen molar-refractivity contribution >= 4 is 5.78 Å². The number of carbonyl (C=O) groups is 1. The quantitative estimate of drug-likeness (QED) is 0.730. The second kappa shape index (κ2) is 5.80. The van der Waals surface area contributed by atoms with E-state index in [1.54, 1.807) is 25.3 Å². The first-order chi connectivity index (χ1) is 8.29. The van der Waals surface area contributed by atoms with Gasteiger partial charge in [0.05, 0.1) is 19.8 Å². The first-order valence-corrected chi connectivity index (χ1v) is 5.66. The van der Waals surface area contributed by atoms with E-state index in [4.69, 9.17) is 14.2 Å². The molecule has 0 N–H and O–H groups in total. The van der Waals surface area contributed by atoms with Crippen LogP contribution in [0.2, 0.25) is 0 Å². The topological polar surface area (TPSA) is 44.8 Å². The van der Waals surface area contributed by atoms with Gasteiger partial charge in [-0.15, -0.1) is 0 Å². The Labute approximate surface area is 100 Å². The number of benzene rings is 1. The van der Waals surface area contributed by atoms with Crippen LogP contribution in [-0.4, -0.2) is 38.8 Å². The molecule has 0 aliphatic carbocycles. The van der Waals surface area contributed by atoms with Gasteiger partial charge < -0.3 is 14.2 Å². The van der Waals surface area contributed by atoms with Gasteiger partial charge in [0.15, 0.2) is 5.78 Å². The molecule has 1 fully saturated rings. The zero-order chi connectivity index (χ0) is 12.1. The highest BCUT2D eigenvalue weighted by Crippen LogP contribution is 2.14. The Morgan fingerprint density at radius 3 is 3.12 bits per heavy atom. The zero-order valence-electron chi connectivity index (χ0n) is 9.85. The smallest absolute Gasteiger partial charge is 0.188 e. The van der Waals surface area contributed by atoms with Crippen LogP contribution in [0.3, 0.4) is 0 Å². The summed E-state index contributed by atoms with van der Waals surface area (Å²) < 4.78 is 15.7. The lowest BCUT2D eigenvalue weighted by Crippen LogP contribution is -2.18. The molecule has 0 spiro atoms. The molecular weight excluding hydrogens is 220 g/mol. The number of hydrogen-bond donors (Lipinski definition) is 0. The average molecular weight is 236 g/mol. The number of ketones is 1. The molecule has 1 aliphatic rings. The maximum absolute atomic E-state index is 11.8. The summed E-state index contributed by atoms with van der Waals surface area (Å²) >= 11 is 0. The highest BCUT2D eigenvalue weighted by atomic mass is 16.5. The molecule has 0 aromatic heterocycles. The molecule has 1 aromatic carbocycles.